The van der Waals surface area contributed by atoms with Crippen molar-refractivity contribution in [2.75, 3.05) is 6.54 Å². The number of carbonyl (C=O) groups excluding carboxylic acids is 1. The van der Waals surface area contributed by atoms with E-state index in [4.69, 9.17) is 0 Å². The number of hydrogen-bond donors (Lipinski definition) is 2. The fourth-order valence-corrected chi connectivity index (χ4v) is 0.708. The molecular weight excluding hydrogens is 144 g/mol. The van der Waals surface area contributed by atoms with E-state index >= 15 is 0 Å². The normalized spacial score (nSPS) is 9.55. The van der Waals surface area contributed by atoms with Crippen LogP contribution in [0.15, 0.2) is 6.33 Å². The minimum atomic E-state index is -0.0236. The van der Waals surface area contributed by atoms with Crippen molar-refractivity contribution in [1.29, 1.82) is 0 Å². The van der Waals surface area contributed by atoms with Gasteiger partial charge >= 0.3 is 0 Å². The van der Waals surface area contributed by atoms with Gasteiger partial charge in [0.05, 0.1) is 0 Å². The Morgan fingerprint density at radius 3 is 3.18 bits per heavy atom. The number of amides is 1. The summed E-state index contributed by atoms with van der Waals surface area (Å²) in [5.74, 6) is 0.767. The number of hydrogen-bond acceptors (Lipinski definition) is 3. The van der Waals surface area contributed by atoms with E-state index < -0.39 is 0 Å². The largest absolute Gasteiger partial charge is 0.356 e. The molecule has 0 aromatic carbocycles. The molecule has 1 aromatic heterocycles. The first-order chi connectivity index (χ1) is 5.29. The van der Waals surface area contributed by atoms with Crippen LogP contribution in [0.25, 0.3) is 0 Å². The van der Waals surface area contributed by atoms with Crippen molar-refractivity contribution in [3.63, 3.8) is 0 Å². The van der Waals surface area contributed by atoms with E-state index in [0.29, 0.717) is 13.0 Å². The Kier molecular flexibility index (Phi) is 2.59. The van der Waals surface area contributed by atoms with Crippen LogP contribution in [0.3, 0.4) is 0 Å². The van der Waals surface area contributed by atoms with Gasteiger partial charge in [0.15, 0.2) is 0 Å². The summed E-state index contributed by atoms with van der Waals surface area (Å²) in [5, 5.41) is 9.03. The number of carbonyl (C=O) groups is 1. The predicted molar refractivity (Wildman–Crippen MR) is 38.8 cm³/mol. The van der Waals surface area contributed by atoms with Crippen molar-refractivity contribution < 1.29 is 4.79 Å². The van der Waals surface area contributed by atoms with E-state index in [-0.39, 0.29) is 5.91 Å². The van der Waals surface area contributed by atoms with Gasteiger partial charge in [-0.05, 0) is 0 Å². The summed E-state index contributed by atoms with van der Waals surface area (Å²) in [7, 11) is 0. The van der Waals surface area contributed by atoms with E-state index in [2.05, 4.69) is 20.5 Å². The van der Waals surface area contributed by atoms with Crippen LogP contribution in [0.4, 0.5) is 0 Å². The molecule has 1 rings (SSSR count). The first-order valence-electron chi connectivity index (χ1n) is 3.37. The summed E-state index contributed by atoms with van der Waals surface area (Å²) >= 11 is 0. The van der Waals surface area contributed by atoms with Crippen molar-refractivity contribution in [2.24, 2.45) is 0 Å². The van der Waals surface area contributed by atoms with Crippen molar-refractivity contribution >= 4 is 5.91 Å². The van der Waals surface area contributed by atoms with Crippen LogP contribution in [-0.2, 0) is 11.2 Å². The Morgan fingerprint density at radius 2 is 2.64 bits per heavy atom. The summed E-state index contributed by atoms with van der Waals surface area (Å²) in [4.78, 5) is 14.3. The highest BCUT2D eigenvalue weighted by atomic mass is 16.1. The number of nitrogens with zero attached hydrogens (tertiary/aromatic N) is 2. The van der Waals surface area contributed by atoms with Gasteiger partial charge in [-0.15, -0.1) is 0 Å². The summed E-state index contributed by atoms with van der Waals surface area (Å²) in [5.41, 5.74) is 0. The highest BCUT2D eigenvalue weighted by Gasteiger charge is 1.95. The standard InChI is InChI=1S/C6H10N4O/c1-5(11)7-3-2-6-8-4-9-10-6/h4H,2-3H2,1H3,(H,7,11)(H,8,9,10). The van der Waals surface area contributed by atoms with Crippen molar-refractivity contribution in [2.45, 2.75) is 13.3 Å². The maximum atomic E-state index is 10.4. The second-order valence-corrected chi connectivity index (χ2v) is 2.17. The fraction of sp³-hybridized carbons (Fsp3) is 0.500. The van der Waals surface area contributed by atoms with Crippen molar-refractivity contribution in [1.82, 2.24) is 20.5 Å². The number of nitrogens with one attached hydrogen (secondary N) is 2. The van der Waals surface area contributed by atoms with Gasteiger partial charge in [0.2, 0.25) is 5.91 Å². The highest BCUT2D eigenvalue weighted by molar-refractivity contribution is 5.72. The van der Waals surface area contributed by atoms with E-state index in [1.54, 1.807) is 0 Å². The molecule has 0 saturated carbocycles. The van der Waals surface area contributed by atoms with Crippen LogP contribution in [0, 0.1) is 0 Å². The molecule has 0 bridgehead atoms. The summed E-state index contributed by atoms with van der Waals surface area (Å²) in [6.07, 6.45) is 2.14. The Balaban J connectivity index is 2.19. The van der Waals surface area contributed by atoms with Crippen LogP contribution in [0.1, 0.15) is 12.7 Å². The summed E-state index contributed by atoms with van der Waals surface area (Å²) in [6, 6.07) is 0. The molecule has 5 nitrogen and oxygen atoms in total. The third kappa shape index (κ3) is 2.79. The zero-order chi connectivity index (χ0) is 8.10. The lowest BCUT2D eigenvalue weighted by atomic mass is 10.4. The molecule has 11 heavy (non-hydrogen) atoms. The fourth-order valence-electron chi connectivity index (χ4n) is 0.708. The van der Waals surface area contributed by atoms with Gasteiger partial charge in [0.1, 0.15) is 12.2 Å². The highest BCUT2D eigenvalue weighted by Crippen LogP contribution is 1.84. The quantitative estimate of drug-likeness (QED) is 0.615. The molecule has 0 spiro atoms. The first kappa shape index (κ1) is 7.71. The molecule has 0 atom stereocenters. The van der Waals surface area contributed by atoms with Gasteiger partial charge in [0.25, 0.3) is 0 Å². The number of H-pyrrole nitrogens is 1. The third-order valence-electron chi connectivity index (χ3n) is 1.20. The van der Waals surface area contributed by atoms with Crippen LogP contribution >= 0.6 is 0 Å². The van der Waals surface area contributed by atoms with Crippen molar-refractivity contribution in [3.8, 4) is 0 Å². The second-order valence-electron chi connectivity index (χ2n) is 2.17. The SMILES string of the molecule is CC(=O)NCCc1ncn[nH]1. The molecule has 0 saturated heterocycles. The van der Waals surface area contributed by atoms with Gasteiger partial charge in [-0.1, -0.05) is 0 Å². The molecule has 2 N–H and O–H groups in total. The zero-order valence-corrected chi connectivity index (χ0v) is 6.29. The Morgan fingerprint density at radius 1 is 1.82 bits per heavy atom. The molecule has 0 aliphatic heterocycles. The molecule has 0 aliphatic carbocycles. The second kappa shape index (κ2) is 3.70. The van der Waals surface area contributed by atoms with Crippen LogP contribution in [0.5, 0.6) is 0 Å². The monoisotopic (exact) mass is 154 g/mol. The molecule has 0 aliphatic rings. The zero-order valence-electron chi connectivity index (χ0n) is 6.29. The lowest BCUT2D eigenvalue weighted by Crippen LogP contribution is -2.22. The molecular formula is C6H10N4O. The Bertz CT molecular complexity index is 218. The average molecular weight is 154 g/mol. The lowest BCUT2D eigenvalue weighted by molar-refractivity contribution is -0.118. The third-order valence-corrected chi connectivity index (χ3v) is 1.20. The maximum absolute atomic E-state index is 10.4. The Hall–Kier alpha value is -1.39. The van der Waals surface area contributed by atoms with Gasteiger partial charge in [-0.2, -0.15) is 5.10 Å². The van der Waals surface area contributed by atoms with E-state index in [0.717, 1.165) is 5.82 Å². The van der Waals surface area contributed by atoms with Crippen molar-refractivity contribution in [3.05, 3.63) is 12.2 Å². The van der Waals surface area contributed by atoms with Gasteiger partial charge < -0.3 is 5.32 Å². The molecule has 0 unspecified atom stereocenters. The molecule has 0 radical (unpaired) electrons. The van der Waals surface area contributed by atoms with Gasteiger partial charge in [0, 0.05) is 19.9 Å². The van der Waals surface area contributed by atoms with E-state index in [1.165, 1.54) is 13.3 Å². The van der Waals surface area contributed by atoms with Crippen LogP contribution in [0.2, 0.25) is 0 Å². The molecule has 0 fully saturated rings. The number of aromatic amines is 1. The molecule has 1 heterocycles. The lowest BCUT2D eigenvalue weighted by Gasteiger charge is -1.97. The molecule has 60 valence electrons. The van der Waals surface area contributed by atoms with E-state index in [9.17, 15) is 4.79 Å². The predicted octanol–water partition coefficient (Wildman–Crippen LogP) is -0.517. The van der Waals surface area contributed by atoms with E-state index in [1.807, 2.05) is 0 Å². The number of aromatic nitrogens is 3. The summed E-state index contributed by atoms with van der Waals surface area (Å²) in [6.45, 7) is 2.09. The first-order valence-corrected chi connectivity index (χ1v) is 3.37. The molecule has 5 heteroatoms. The smallest absolute Gasteiger partial charge is 0.216 e. The summed E-state index contributed by atoms with van der Waals surface area (Å²) < 4.78 is 0. The Labute approximate surface area is 64.2 Å². The van der Waals surface area contributed by atoms with Gasteiger partial charge in [-0.25, -0.2) is 4.98 Å². The molecule has 1 aromatic rings. The maximum Gasteiger partial charge on any atom is 0.216 e. The van der Waals surface area contributed by atoms with Crippen LogP contribution < -0.4 is 5.32 Å². The minimum Gasteiger partial charge on any atom is -0.356 e. The number of rotatable bonds is 3. The van der Waals surface area contributed by atoms with Crippen LogP contribution in [-0.4, -0.2) is 27.6 Å². The average Bonchev–Trinajstić information content (AvgIpc) is 2.39. The van der Waals surface area contributed by atoms with Gasteiger partial charge in [-0.3, -0.25) is 9.89 Å². The molecule has 1 amide bonds. The minimum absolute atomic E-state index is 0.0236. The topological polar surface area (TPSA) is 70.7 Å².